The van der Waals surface area contributed by atoms with Crippen molar-refractivity contribution in [3.8, 4) is 0 Å². The Morgan fingerprint density at radius 1 is 0.500 bits per heavy atom. The van der Waals surface area contributed by atoms with Crippen molar-refractivity contribution in [1.82, 2.24) is 5.32 Å². The summed E-state index contributed by atoms with van der Waals surface area (Å²) >= 11 is 0. The molecule has 1 fully saturated rings. The van der Waals surface area contributed by atoms with Gasteiger partial charge in [0, 0.05) is 6.42 Å². The lowest BCUT2D eigenvalue weighted by Crippen LogP contribution is -2.60. The third-order valence-electron chi connectivity index (χ3n) is 14.1. The fraction of sp³-hybridized carbons (Fsp3) is 0.947. The summed E-state index contributed by atoms with van der Waals surface area (Å²) in [4.78, 5) is 13.0. The molecule has 2 unspecified atom stereocenters. The van der Waals surface area contributed by atoms with Gasteiger partial charge >= 0.3 is 0 Å². The molecule has 1 heterocycles. The van der Waals surface area contributed by atoms with Gasteiger partial charge < -0.3 is 40.3 Å². The number of aliphatic hydroxyl groups excluding tert-OH is 5. The summed E-state index contributed by atoms with van der Waals surface area (Å²) < 4.78 is 11.2. The van der Waals surface area contributed by atoms with E-state index in [1.807, 2.05) is 6.08 Å². The molecule has 6 N–H and O–H groups in total. The molecule has 0 aliphatic carbocycles. The molecule has 7 atom stereocenters. The molecular formula is C57H111NO8. The Bertz CT molecular complexity index is 1040. The van der Waals surface area contributed by atoms with Crippen molar-refractivity contribution >= 4 is 5.91 Å². The molecule has 0 aromatic rings. The molecule has 1 aliphatic heterocycles. The Kier molecular flexibility index (Phi) is 45.4. The zero-order valence-electron chi connectivity index (χ0n) is 43.5. The van der Waals surface area contributed by atoms with E-state index in [0.717, 1.165) is 38.5 Å². The topological polar surface area (TPSA) is 149 Å². The molecule has 1 aliphatic rings. The highest BCUT2D eigenvalue weighted by molar-refractivity contribution is 5.76. The average Bonchev–Trinajstić information content (AvgIpc) is 3.32. The van der Waals surface area contributed by atoms with E-state index in [9.17, 15) is 30.3 Å². The number of hydrogen-bond donors (Lipinski definition) is 6. The van der Waals surface area contributed by atoms with E-state index in [-0.39, 0.29) is 12.5 Å². The Balaban J connectivity index is 2.12. The molecule has 1 saturated heterocycles. The number of rotatable bonds is 50. The zero-order chi connectivity index (χ0) is 48.0. The lowest BCUT2D eigenvalue weighted by atomic mass is 9.99. The standard InChI is InChI=1S/C57H111NO8/c1-3-5-7-9-11-13-15-17-18-19-20-21-22-23-24-25-26-27-28-29-30-31-32-33-35-37-39-41-43-45-47-53(61)58-50(49-65-57-56(64)55(63)54(62)52(48-59)66-57)51(60)46-44-42-40-38-36-34-16-14-12-10-8-6-4-2/h44,46,50-52,54-57,59-60,62-64H,3-43,45,47-49H2,1-2H3,(H,58,61)/b46-44+/t50-,51+,52+,54+,55?,56?,57+/m0/s1. The Hall–Kier alpha value is -1.07. The van der Waals surface area contributed by atoms with E-state index >= 15 is 0 Å². The normalized spacial score (nSPS) is 19.8. The second-order valence-corrected chi connectivity index (χ2v) is 20.5. The molecule has 0 radical (unpaired) electrons. The molecule has 392 valence electrons. The van der Waals surface area contributed by atoms with Crippen molar-refractivity contribution in [2.75, 3.05) is 13.2 Å². The molecule has 1 rings (SSSR count). The number of carbonyl (C=O) groups is 1. The minimum absolute atomic E-state index is 0.171. The molecule has 0 saturated carbocycles. The van der Waals surface area contributed by atoms with Gasteiger partial charge in [0.25, 0.3) is 0 Å². The molecule has 66 heavy (non-hydrogen) atoms. The summed E-state index contributed by atoms with van der Waals surface area (Å²) in [6.45, 7) is 3.80. The Labute approximate surface area is 407 Å². The first kappa shape index (κ1) is 62.9. The van der Waals surface area contributed by atoms with Gasteiger partial charge in [0.2, 0.25) is 5.91 Å². The van der Waals surface area contributed by atoms with Gasteiger partial charge in [-0.25, -0.2) is 0 Å². The van der Waals surface area contributed by atoms with Crippen LogP contribution in [0.15, 0.2) is 12.2 Å². The summed E-state index contributed by atoms with van der Waals surface area (Å²) in [5, 5.41) is 54.4. The maximum Gasteiger partial charge on any atom is 0.220 e. The number of aliphatic hydroxyl groups is 5. The van der Waals surface area contributed by atoms with Gasteiger partial charge in [-0.1, -0.05) is 276 Å². The van der Waals surface area contributed by atoms with E-state index in [2.05, 4.69) is 19.2 Å². The van der Waals surface area contributed by atoms with Gasteiger partial charge in [0.05, 0.1) is 25.4 Å². The maximum atomic E-state index is 13.0. The van der Waals surface area contributed by atoms with Crippen molar-refractivity contribution in [3.63, 3.8) is 0 Å². The van der Waals surface area contributed by atoms with E-state index in [1.54, 1.807) is 6.08 Å². The van der Waals surface area contributed by atoms with Crippen LogP contribution in [0.5, 0.6) is 0 Å². The number of nitrogens with one attached hydrogen (secondary N) is 1. The van der Waals surface area contributed by atoms with Crippen LogP contribution in [0.4, 0.5) is 0 Å². The summed E-state index contributed by atoms with van der Waals surface area (Å²) in [5.74, 6) is -0.171. The number of ether oxygens (including phenoxy) is 2. The summed E-state index contributed by atoms with van der Waals surface area (Å²) in [6, 6.07) is -0.799. The van der Waals surface area contributed by atoms with E-state index in [1.165, 1.54) is 231 Å². The second-order valence-electron chi connectivity index (χ2n) is 20.5. The molecule has 1 amide bonds. The van der Waals surface area contributed by atoms with Gasteiger partial charge in [-0.3, -0.25) is 4.79 Å². The van der Waals surface area contributed by atoms with Gasteiger partial charge in [0.15, 0.2) is 6.29 Å². The highest BCUT2D eigenvalue weighted by Crippen LogP contribution is 2.23. The van der Waals surface area contributed by atoms with Gasteiger partial charge in [-0.15, -0.1) is 0 Å². The average molecular weight is 939 g/mol. The zero-order valence-corrected chi connectivity index (χ0v) is 43.5. The van der Waals surface area contributed by atoms with Crippen molar-refractivity contribution in [3.05, 3.63) is 12.2 Å². The van der Waals surface area contributed by atoms with Gasteiger partial charge in [-0.2, -0.15) is 0 Å². The molecule has 9 heteroatoms. The fourth-order valence-electron chi connectivity index (χ4n) is 9.51. The minimum atomic E-state index is -1.56. The van der Waals surface area contributed by atoms with Crippen molar-refractivity contribution in [1.29, 1.82) is 0 Å². The quantitative estimate of drug-likeness (QED) is 0.0261. The third kappa shape index (κ3) is 36.9. The molecule has 0 spiro atoms. The van der Waals surface area contributed by atoms with Crippen LogP contribution in [-0.4, -0.2) is 87.5 Å². The fourth-order valence-corrected chi connectivity index (χ4v) is 9.51. The van der Waals surface area contributed by atoms with Crippen molar-refractivity contribution < 1.29 is 39.8 Å². The van der Waals surface area contributed by atoms with Crippen LogP contribution in [0.1, 0.15) is 290 Å². The smallest absolute Gasteiger partial charge is 0.220 e. The largest absolute Gasteiger partial charge is 0.394 e. The minimum Gasteiger partial charge on any atom is -0.394 e. The number of hydrogen-bond acceptors (Lipinski definition) is 8. The highest BCUT2D eigenvalue weighted by atomic mass is 16.7. The van der Waals surface area contributed by atoms with Crippen molar-refractivity contribution in [2.45, 2.75) is 333 Å². The van der Waals surface area contributed by atoms with Crippen LogP contribution in [0.25, 0.3) is 0 Å². The van der Waals surface area contributed by atoms with Crippen LogP contribution >= 0.6 is 0 Å². The molecule has 9 nitrogen and oxygen atoms in total. The van der Waals surface area contributed by atoms with Gasteiger partial charge in [-0.05, 0) is 19.3 Å². The summed E-state index contributed by atoms with van der Waals surface area (Å²) in [7, 11) is 0. The van der Waals surface area contributed by atoms with Crippen LogP contribution < -0.4 is 5.32 Å². The van der Waals surface area contributed by atoms with Crippen molar-refractivity contribution in [2.24, 2.45) is 0 Å². The number of allylic oxidation sites excluding steroid dienone is 1. The summed E-state index contributed by atoms with van der Waals surface area (Å²) in [5.41, 5.74) is 0. The summed E-state index contributed by atoms with van der Waals surface area (Å²) in [6.07, 6.45) is 51.5. The SMILES string of the molecule is CCCCCCCCCCCCC/C=C/[C@@H](O)[C@H](CO[C@@H]1O[C@H](CO)[C@@H](O)C(O)C1O)NC(=O)CCCCCCCCCCCCCCCCCCCCCCCCCCCCCCCC. The van der Waals surface area contributed by atoms with Crippen LogP contribution in [0.3, 0.4) is 0 Å². The van der Waals surface area contributed by atoms with Gasteiger partial charge in [0.1, 0.15) is 24.4 Å². The monoisotopic (exact) mass is 938 g/mol. The number of unbranched alkanes of at least 4 members (excludes halogenated alkanes) is 40. The highest BCUT2D eigenvalue weighted by Gasteiger charge is 2.44. The predicted octanol–water partition coefficient (Wildman–Crippen LogP) is 14.0. The van der Waals surface area contributed by atoms with E-state index in [4.69, 9.17) is 9.47 Å². The first-order valence-corrected chi connectivity index (χ1v) is 28.9. The lowest BCUT2D eigenvalue weighted by Gasteiger charge is -2.40. The second kappa shape index (κ2) is 47.6. The third-order valence-corrected chi connectivity index (χ3v) is 14.1. The Morgan fingerprint density at radius 2 is 0.833 bits per heavy atom. The molecule has 0 bridgehead atoms. The number of carbonyl (C=O) groups excluding carboxylic acids is 1. The number of amides is 1. The molecular weight excluding hydrogens is 827 g/mol. The van der Waals surface area contributed by atoms with E-state index in [0.29, 0.717) is 6.42 Å². The lowest BCUT2D eigenvalue weighted by molar-refractivity contribution is -0.302. The van der Waals surface area contributed by atoms with E-state index < -0.39 is 49.5 Å². The first-order valence-electron chi connectivity index (χ1n) is 28.9. The molecule has 0 aromatic carbocycles. The Morgan fingerprint density at radius 3 is 1.18 bits per heavy atom. The maximum absolute atomic E-state index is 13.0. The predicted molar refractivity (Wildman–Crippen MR) is 277 cm³/mol. The first-order chi connectivity index (χ1) is 32.3. The van der Waals surface area contributed by atoms with Crippen LogP contribution in [0, 0.1) is 0 Å². The molecule has 0 aromatic heterocycles. The van der Waals surface area contributed by atoms with Crippen LogP contribution in [0.2, 0.25) is 0 Å². The van der Waals surface area contributed by atoms with Crippen LogP contribution in [-0.2, 0) is 14.3 Å².